The number of thioether (sulfide) groups is 1. The van der Waals surface area contributed by atoms with Crippen molar-refractivity contribution in [2.75, 3.05) is 17.3 Å². The Morgan fingerprint density at radius 2 is 1.75 bits per heavy atom. The standard InChI is InChI=1S/C8H18O2S2/c1-5-12(9,10)7-6-11-8(2,3)4/h5-7H2,1-4H3. The third-order valence-corrected chi connectivity index (χ3v) is 4.61. The van der Waals surface area contributed by atoms with Gasteiger partial charge in [-0.3, -0.25) is 0 Å². The largest absolute Gasteiger partial charge is 0.229 e. The minimum absolute atomic E-state index is 0.170. The number of hydrogen-bond donors (Lipinski definition) is 0. The van der Waals surface area contributed by atoms with E-state index < -0.39 is 9.84 Å². The SMILES string of the molecule is CCS(=O)(=O)CCSC(C)(C)C. The van der Waals surface area contributed by atoms with E-state index in [0.29, 0.717) is 11.5 Å². The lowest BCUT2D eigenvalue weighted by Crippen LogP contribution is -2.15. The molecule has 0 saturated carbocycles. The van der Waals surface area contributed by atoms with Crippen molar-refractivity contribution in [2.24, 2.45) is 0 Å². The lowest BCUT2D eigenvalue weighted by molar-refractivity contribution is 0.598. The minimum Gasteiger partial charge on any atom is -0.229 e. The molecule has 0 radical (unpaired) electrons. The average Bonchev–Trinajstić information content (AvgIpc) is 1.84. The molecule has 0 aliphatic heterocycles. The van der Waals surface area contributed by atoms with Gasteiger partial charge in [-0.15, -0.1) is 0 Å². The Morgan fingerprint density at radius 1 is 1.25 bits per heavy atom. The molecule has 0 atom stereocenters. The highest BCUT2D eigenvalue weighted by atomic mass is 32.2. The first-order chi connectivity index (χ1) is 5.27. The molecule has 0 aliphatic rings. The van der Waals surface area contributed by atoms with Gasteiger partial charge >= 0.3 is 0 Å². The highest BCUT2D eigenvalue weighted by Crippen LogP contribution is 2.22. The maximum Gasteiger partial charge on any atom is 0.150 e. The smallest absolute Gasteiger partial charge is 0.150 e. The Morgan fingerprint density at radius 3 is 2.08 bits per heavy atom. The molecule has 0 rings (SSSR count). The Bertz CT molecular complexity index is 212. The molecule has 0 fully saturated rings. The van der Waals surface area contributed by atoms with Crippen LogP contribution in [-0.2, 0) is 9.84 Å². The van der Waals surface area contributed by atoms with Crippen LogP contribution in [0, 0.1) is 0 Å². The lowest BCUT2D eigenvalue weighted by Gasteiger charge is -2.16. The monoisotopic (exact) mass is 210 g/mol. The molecule has 4 heteroatoms. The molecule has 0 bridgehead atoms. The number of hydrogen-bond acceptors (Lipinski definition) is 3. The maximum atomic E-state index is 11.1. The summed E-state index contributed by atoms with van der Waals surface area (Å²) in [7, 11) is -2.76. The average molecular weight is 210 g/mol. The van der Waals surface area contributed by atoms with E-state index >= 15 is 0 Å². The van der Waals surface area contributed by atoms with Gasteiger partial charge < -0.3 is 0 Å². The van der Waals surface area contributed by atoms with Gasteiger partial charge in [-0.1, -0.05) is 27.7 Å². The molecule has 0 aliphatic carbocycles. The first kappa shape index (κ1) is 12.3. The lowest BCUT2D eigenvalue weighted by atomic mass is 10.3. The fraction of sp³-hybridized carbons (Fsp3) is 1.00. The first-order valence-corrected chi connectivity index (χ1v) is 6.92. The van der Waals surface area contributed by atoms with Crippen LogP contribution in [0.3, 0.4) is 0 Å². The molecule has 0 saturated heterocycles. The molecule has 0 heterocycles. The first-order valence-electron chi connectivity index (χ1n) is 4.11. The van der Waals surface area contributed by atoms with Crippen LogP contribution in [0.2, 0.25) is 0 Å². The fourth-order valence-corrected chi connectivity index (χ4v) is 2.87. The number of rotatable bonds is 4. The van der Waals surface area contributed by atoms with Gasteiger partial charge in [0.25, 0.3) is 0 Å². The van der Waals surface area contributed by atoms with Crippen molar-refractivity contribution in [1.82, 2.24) is 0 Å². The van der Waals surface area contributed by atoms with Crippen molar-refractivity contribution in [2.45, 2.75) is 32.4 Å². The van der Waals surface area contributed by atoms with Crippen molar-refractivity contribution in [1.29, 1.82) is 0 Å². The van der Waals surface area contributed by atoms with Crippen LogP contribution in [0.4, 0.5) is 0 Å². The molecule has 0 unspecified atom stereocenters. The zero-order valence-electron chi connectivity index (χ0n) is 8.25. The molecule has 0 spiro atoms. The molecule has 2 nitrogen and oxygen atoms in total. The molecular weight excluding hydrogens is 192 g/mol. The Hall–Kier alpha value is 0.300. The van der Waals surface area contributed by atoms with E-state index in [1.54, 1.807) is 18.7 Å². The predicted octanol–water partition coefficient (Wildman–Crippen LogP) is 1.95. The summed E-state index contributed by atoms with van der Waals surface area (Å²) in [6, 6.07) is 0. The topological polar surface area (TPSA) is 34.1 Å². The predicted molar refractivity (Wildman–Crippen MR) is 56.5 cm³/mol. The van der Waals surface area contributed by atoms with E-state index in [-0.39, 0.29) is 10.5 Å². The highest BCUT2D eigenvalue weighted by molar-refractivity contribution is 8.01. The molecule has 74 valence electrons. The second-order valence-electron chi connectivity index (χ2n) is 3.70. The Balaban J connectivity index is 3.73. The highest BCUT2D eigenvalue weighted by Gasteiger charge is 2.13. The van der Waals surface area contributed by atoms with Gasteiger partial charge in [-0.25, -0.2) is 8.42 Å². The zero-order valence-corrected chi connectivity index (χ0v) is 9.89. The van der Waals surface area contributed by atoms with Gasteiger partial charge in [-0.05, 0) is 0 Å². The number of sulfone groups is 1. The van der Waals surface area contributed by atoms with E-state index in [9.17, 15) is 8.42 Å². The summed E-state index contributed by atoms with van der Waals surface area (Å²) in [6.45, 7) is 7.97. The van der Waals surface area contributed by atoms with Crippen LogP contribution < -0.4 is 0 Å². The summed E-state index contributed by atoms with van der Waals surface area (Å²) in [5.41, 5.74) is 0. The summed E-state index contributed by atoms with van der Waals surface area (Å²) < 4.78 is 22.3. The van der Waals surface area contributed by atoms with Crippen LogP contribution in [0.25, 0.3) is 0 Å². The van der Waals surface area contributed by atoms with Crippen LogP contribution in [0.5, 0.6) is 0 Å². The minimum atomic E-state index is -2.76. The van der Waals surface area contributed by atoms with Gasteiger partial charge in [0, 0.05) is 16.3 Å². The summed E-state index contributed by atoms with van der Waals surface area (Å²) >= 11 is 1.70. The van der Waals surface area contributed by atoms with Gasteiger partial charge in [-0.2, -0.15) is 11.8 Å². The molecule has 0 aromatic heterocycles. The normalized spacial score (nSPS) is 13.3. The quantitative estimate of drug-likeness (QED) is 0.711. The van der Waals surface area contributed by atoms with E-state index in [2.05, 4.69) is 20.8 Å². The zero-order chi connectivity index (χ0) is 9.83. The molecule has 0 aromatic carbocycles. The van der Waals surface area contributed by atoms with Crippen molar-refractivity contribution in [3.05, 3.63) is 0 Å². The maximum absolute atomic E-state index is 11.1. The molecule has 0 aromatic rings. The van der Waals surface area contributed by atoms with Crippen LogP contribution in [0.15, 0.2) is 0 Å². The van der Waals surface area contributed by atoms with E-state index in [1.165, 1.54) is 0 Å². The third-order valence-electron chi connectivity index (χ3n) is 1.37. The Kier molecular flexibility index (Phi) is 4.62. The van der Waals surface area contributed by atoms with Crippen LogP contribution in [-0.4, -0.2) is 30.4 Å². The van der Waals surface area contributed by atoms with Gasteiger partial charge in [0.05, 0.1) is 5.75 Å². The molecule has 0 N–H and O–H groups in total. The Labute approximate surface area is 80.0 Å². The van der Waals surface area contributed by atoms with Crippen molar-refractivity contribution >= 4 is 21.6 Å². The molecule has 12 heavy (non-hydrogen) atoms. The van der Waals surface area contributed by atoms with E-state index in [0.717, 1.165) is 0 Å². The van der Waals surface area contributed by atoms with Crippen molar-refractivity contribution < 1.29 is 8.42 Å². The van der Waals surface area contributed by atoms with Crippen molar-refractivity contribution in [3.8, 4) is 0 Å². The molecule has 0 amide bonds. The summed E-state index contributed by atoms with van der Waals surface area (Å²) in [5.74, 6) is 1.28. The molecular formula is C8H18O2S2. The fourth-order valence-electron chi connectivity index (χ4n) is 0.619. The van der Waals surface area contributed by atoms with E-state index in [1.807, 2.05) is 0 Å². The van der Waals surface area contributed by atoms with Gasteiger partial charge in [0.2, 0.25) is 0 Å². The second-order valence-corrected chi connectivity index (χ2v) is 8.09. The summed E-state index contributed by atoms with van der Waals surface area (Å²) in [6.07, 6.45) is 0. The van der Waals surface area contributed by atoms with Crippen molar-refractivity contribution in [3.63, 3.8) is 0 Å². The van der Waals surface area contributed by atoms with Gasteiger partial charge in [0.1, 0.15) is 0 Å². The summed E-state index contributed by atoms with van der Waals surface area (Å²) in [4.78, 5) is 0. The second kappa shape index (κ2) is 4.51. The van der Waals surface area contributed by atoms with Crippen LogP contribution >= 0.6 is 11.8 Å². The van der Waals surface area contributed by atoms with Crippen LogP contribution in [0.1, 0.15) is 27.7 Å². The third kappa shape index (κ3) is 6.98. The van der Waals surface area contributed by atoms with E-state index in [4.69, 9.17) is 0 Å². The van der Waals surface area contributed by atoms with Gasteiger partial charge in [0.15, 0.2) is 9.84 Å². The summed E-state index contributed by atoms with van der Waals surface area (Å²) in [5, 5.41) is 0.